The molecule has 0 spiro atoms. The van der Waals surface area contributed by atoms with Gasteiger partial charge in [0, 0.05) is 11.6 Å². The highest BCUT2D eigenvalue weighted by atomic mass is 19.1. The summed E-state index contributed by atoms with van der Waals surface area (Å²) >= 11 is 0. The molecular formula is C14H22FNO. The highest BCUT2D eigenvalue weighted by molar-refractivity contribution is 5.34. The molecule has 0 aliphatic heterocycles. The summed E-state index contributed by atoms with van der Waals surface area (Å²) in [5.74, 6) is 0.982. The van der Waals surface area contributed by atoms with E-state index in [1.807, 2.05) is 6.92 Å². The number of nitrogens with one attached hydrogen (secondary N) is 1. The van der Waals surface area contributed by atoms with Gasteiger partial charge >= 0.3 is 0 Å². The van der Waals surface area contributed by atoms with Gasteiger partial charge in [0.05, 0.1) is 0 Å². The van der Waals surface area contributed by atoms with Crippen molar-refractivity contribution in [2.24, 2.45) is 11.8 Å². The van der Waals surface area contributed by atoms with E-state index in [4.69, 9.17) is 0 Å². The number of halogens is 1. The number of hydrogen-bond donors (Lipinski definition) is 2. The lowest BCUT2D eigenvalue weighted by molar-refractivity contribution is 0.370. The predicted octanol–water partition coefficient (Wildman–Crippen LogP) is 3.47. The third kappa shape index (κ3) is 4.00. The fraction of sp³-hybridized carbons (Fsp3) is 0.571. The lowest BCUT2D eigenvalue weighted by Gasteiger charge is -2.21. The number of hydrogen-bond acceptors (Lipinski definition) is 2. The van der Waals surface area contributed by atoms with E-state index in [0.29, 0.717) is 17.4 Å². The van der Waals surface area contributed by atoms with Gasteiger partial charge in [-0.1, -0.05) is 20.8 Å². The molecule has 1 aromatic carbocycles. The van der Waals surface area contributed by atoms with Gasteiger partial charge in [0.25, 0.3) is 0 Å². The zero-order valence-electron chi connectivity index (χ0n) is 11.0. The van der Waals surface area contributed by atoms with Crippen LogP contribution in [0.5, 0.6) is 5.75 Å². The average molecular weight is 239 g/mol. The molecule has 1 aromatic rings. The van der Waals surface area contributed by atoms with E-state index in [0.717, 1.165) is 6.54 Å². The maximum atomic E-state index is 13.1. The number of aromatic hydroxyl groups is 1. The van der Waals surface area contributed by atoms with Crippen LogP contribution in [-0.4, -0.2) is 11.7 Å². The largest absolute Gasteiger partial charge is 0.508 e. The fourth-order valence-electron chi connectivity index (χ4n) is 1.58. The van der Waals surface area contributed by atoms with Crippen molar-refractivity contribution in [1.29, 1.82) is 0 Å². The molecule has 0 aromatic heterocycles. The Morgan fingerprint density at radius 3 is 2.47 bits per heavy atom. The summed E-state index contributed by atoms with van der Waals surface area (Å²) in [6, 6.07) is 4.00. The third-order valence-electron chi connectivity index (χ3n) is 3.34. The van der Waals surface area contributed by atoms with Crippen molar-refractivity contribution in [3.8, 4) is 5.75 Å². The van der Waals surface area contributed by atoms with E-state index >= 15 is 0 Å². The van der Waals surface area contributed by atoms with Gasteiger partial charge in [0.15, 0.2) is 0 Å². The summed E-state index contributed by atoms with van der Waals surface area (Å²) in [6.07, 6.45) is 0. The van der Waals surface area contributed by atoms with Crippen molar-refractivity contribution < 1.29 is 9.50 Å². The smallest absolute Gasteiger partial charge is 0.123 e. The molecule has 2 unspecified atom stereocenters. The van der Waals surface area contributed by atoms with E-state index < -0.39 is 0 Å². The van der Waals surface area contributed by atoms with Crippen molar-refractivity contribution in [1.82, 2.24) is 5.32 Å². The molecule has 2 nitrogen and oxygen atoms in total. The molecule has 0 fully saturated rings. The van der Waals surface area contributed by atoms with Crippen LogP contribution < -0.4 is 5.32 Å². The molecule has 0 aliphatic carbocycles. The Morgan fingerprint density at radius 1 is 1.24 bits per heavy atom. The van der Waals surface area contributed by atoms with Crippen LogP contribution in [0.1, 0.15) is 39.3 Å². The second-order valence-corrected chi connectivity index (χ2v) is 5.05. The SMILES string of the molecule is CC(NCC(C)C(C)C)c1cc(F)ccc1O. The Bertz CT molecular complexity index is 365. The van der Waals surface area contributed by atoms with Gasteiger partial charge < -0.3 is 10.4 Å². The van der Waals surface area contributed by atoms with Gasteiger partial charge in [-0.05, 0) is 43.5 Å². The van der Waals surface area contributed by atoms with Crippen LogP contribution in [0.3, 0.4) is 0 Å². The highest BCUT2D eigenvalue weighted by Crippen LogP contribution is 2.25. The standard InChI is InChI=1S/C14H22FNO/c1-9(2)10(3)8-16-11(4)13-7-12(15)5-6-14(13)17/h5-7,9-11,16-17H,8H2,1-4H3. The topological polar surface area (TPSA) is 32.3 Å². The second-order valence-electron chi connectivity index (χ2n) is 5.05. The fourth-order valence-corrected chi connectivity index (χ4v) is 1.58. The van der Waals surface area contributed by atoms with Crippen LogP contribution in [-0.2, 0) is 0 Å². The summed E-state index contributed by atoms with van der Waals surface area (Å²) < 4.78 is 13.1. The van der Waals surface area contributed by atoms with Crippen LogP contribution in [0.25, 0.3) is 0 Å². The maximum absolute atomic E-state index is 13.1. The molecule has 2 atom stereocenters. The Kier molecular flexibility index (Phi) is 4.94. The Balaban J connectivity index is 2.63. The molecule has 0 saturated heterocycles. The minimum Gasteiger partial charge on any atom is -0.508 e. The first-order valence-electron chi connectivity index (χ1n) is 6.13. The molecule has 17 heavy (non-hydrogen) atoms. The lowest BCUT2D eigenvalue weighted by atomic mass is 9.97. The first-order valence-corrected chi connectivity index (χ1v) is 6.13. The summed E-state index contributed by atoms with van der Waals surface area (Å²) in [5, 5.41) is 13.0. The molecule has 96 valence electrons. The van der Waals surface area contributed by atoms with E-state index in [-0.39, 0.29) is 17.6 Å². The molecule has 0 amide bonds. The van der Waals surface area contributed by atoms with Crippen LogP contribution in [0.15, 0.2) is 18.2 Å². The van der Waals surface area contributed by atoms with Crippen molar-refractivity contribution in [3.05, 3.63) is 29.6 Å². The predicted molar refractivity (Wildman–Crippen MR) is 68.5 cm³/mol. The van der Waals surface area contributed by atoms with E-state index in [9.17, 15) is 9.50 Å². The molecule has 0 aliphatic rings. The summed E-state index contributed by atoms with van der Waals surface area (Å²) in [7, 11) is 0. The molecule has 0 saturated carbocycles. The van der Waals surface area contributed by atoms with Crippen molar-refractivity contribution in [2.75, 3.05) is 6.54 Å². The second kappa shape index (κ2) is 6.01. The summed E-state index contributed by atoms with van der Waals surface area (Å²) in [5.41, 5.74) is 0.612. The summed E-state index contributed by atoms with van der Waals surface area (Å²) in [6.45, 7) is 9.32. The van der Waals surface area contributed by atoms with Crippen LogP contribution in [0.2, 0.25) is 0 Å². The minimum atomic E-state index is -0.316. The molecular weight excluding hydrogens is 217 g/mol. The van der Waals surface area contributed by atoms with Crippen molar-refractivity contribution in [2.45, 2.75) is 33.7 Å². The molecule has 2 N–H and O–H groups in total. The average Bonchev–Trinajstić information content (AvgIpc) is 2.28. The van der Waals surface area contributed by atoms with Crippen molar-refractivity contribution in [3.63, 3.8) is 0 Å². The van der Waals surface area contributed by atoms with Crippen LogP contribution in [0.4, 0.5) is 4.39 Å². The molecule has 0 heterocycles. The Labute approximate surface area is 103 Å². The molecule has 1 rings (SSSR count). The van der Waals surface area contributed by atoms with Gasteiger partial charge in [-0.3, -0.25) is 0 Å². The highest BCUT2D eigenvalue weighted by Gasteiger charge is 2.13. The molecule has 0 radical (unpaired) electrons. The maximum Gasteiger partial charge on any atom is 0.123 e. The van der Waals surface area contributed by atoms with E-state index in [2.05, 4.69) is 26.1 Å². The third-order valence-corrected chi connectivity index (χ3v) is 3.34. The zero-order chi connectivity index (χ0) is 13.0. The Hall–Kier alpha value is -1.09. The number of phenols is 1. The quantitative estimate of drug-likeness (QED) is 0.824. The van der Waals surface area contributed by atoms with Gasteiger partial charge in [0.1, 0.15) is 11.6 Å². The lowest BCUT2D eigenvalue weighted by Crippen LogP contribution is -2.26. The van der Waals surface area contributed by atoms with Gasteiger partial charge in [-0.2, -0.15) is 0 Å². The van der Waals surface area contributed by atoms with Crippen molar-refractivity contribution >= 4 is 0 Å². The molecule has 0 bridgehead atoms. The normalized spacial score (nSPS) is 14.9. The number of phenolic OH excluding ortho intramolecular Hbond substituents is 1. The first kappa shape index (κ1) is 14.0. The summed E-state index contributed by atoms with van der Waals surface area (Å²) in [4.78, 5) is 0. The number of rotatable bonds is 5. The number of benzene rings is 1. The monoisotopic (exact) mass is 239 g/mol. The van der Waals surface area contributed by atoms with E-state index in [1.165, 1.54) is 18.2 Å². The molecule has 3 heteroatoms. The zero-order valence-corrected chi connectivity index (χ0v) is 11.0. The Morgan fingerprint density at radius 2 is 1.88 bits per heavy atom. The van der Waals surface area contributed by atoms with Gasteiger partial charge in [-0.15, -0.1) is 0 Å². The van der Waals surface area contributed by atoms with E-state index in [1.54, 1.807) is 0 Å². The first-order chi connectivity index (χ1) is 7.91. The van der Waals surface area contributed by atoms with Gasteiger partial charge in [-0.25, -0.2) is 4.39 Å². The minimum absolute atomic E-state index is 0.0492. The van der Waals surface area contributed by atoms with Crippen LogP contribution >= 0.6 is 0 Å². The van der Waals surface area contributed by atoms with Crippen LogP contribution in [0, 0.1) is 17.7 Å². The van der Waals surface area contributed by atoms with Gasteiger partial charge in [0.2, 0.25) is 0 Å².